The first-order valence-electron chi connectivity index (χ1n) is 6.71. The summed E-state index contributed by atoms with van der Waals surface area (Å²) >= 11 is 0. The van der Waals surface area contributed by atoms with Crippen LogP contribution < -0.4 is 0 Å². The Morgan fingerprint density at radius 3 is 1.53 bits per heavy atom. The number of carbonyl (C=O) groups excluding carboxylic acids is 2. The van der Waals surface area contributed by atoms with Crippen LogP contribution in [0.2, 0.25) is 0 Å². The summed E-state index contributed by atoms with van der Waals surface area (Å²) in [5, 5.41) is 0. The Balaban J connectivity index is 0. The summed E-state index contributed by atoms with van der Waals surface area (Å²) in [5.41, 5.74) is 0. The highest BCUT2D eigenvalue weighted by molar-refractivity contribution is 5.78. The van der Waals surface area contributed by atoms with E-state index in [2.05, 4.69) is 13.8 Å². The quantitative estimate of drug-likeness (QED) is 0.459. The van der Waals surface area contributed by atoms with Gasteiger partial charge in [0.05, 0.1) is 0 Å². The van der Waals surface area contributed by atoms with E-state index in [1.165, 1.54) is 30.6 Å². The molecule has 0 saturated carbocycles. The molecule has 0 atom stereocenters. The Morgan fingerprint density at radius 2 is 1.29 bits per heavy atom. The van der Waals surface area contributed by atoms with Crippen LogP contribution in [-0.4, -0.2) is 31.2 Å². The lowest BCUT2D eigenvalue weighted by atomic mass is 10.1. The van der Waals surface area contributed by atoms with E-state index in [9.17, 15) is 9.59 Å². The van der Waals surface area contributed by atoms with Gasteiger partial charge in [-0.2, -0.15) is 0 Å². The molecule has 0 aromatic carbocycles. The molecule has 3 nitrogen and oxygen atoms in total. The van der Waals surface area contributed by atoms with Crippen molar-refractivity contribution < 1.29 is 9.59 Å². The van der Waals surface area contributed by atoms with Crippen LogP contribution in [0.5, 0.6) is 0 Å². The highest BCUT2D eigenvalue weighted by Gasteiger charge is 1.99. The summed E-state index contributed by atoms with van der Waals surface area (Å²) in [6, 6.07) is 0. The fourth-order valence-corrected chi connectivity index (χ4v) is 1.27. The van der Waals surface area contributed by atoms with Gasteiger partial charge >= 0.3 is 0 Å². The van der Waals surface area contributed by atoms with Crippen LogP contribution in [0.15, 0.2) is 0 Å². The van der Waals surface area contributed by atoms with E-state index in [0.29, 0.717) is 5.78 Å². The Morgan fingerprint density at radius 1 is 0.941 bits per heavy atom. The molecule has 0 rings (SSSR count). The second kappa shape index (κ2) is 15.1. The van der Waals surface area contributed by atoms with Crippen molar-refractivity contribution in [3.63, 3.8) is 0 Å². The molecule has 1 amide bonds. The zero-order valence-electron chi connectivity index (χ0n) is 12.0. The largest absolute Gasteiger partial charge is 0.351 e. The van der Waals surface area contributed by atoms with E-state index in [4.69, 9.17) is 0 Å². The van der Waals surface area contributed by atoms with Crippen molar-refractivity contribution in [2.75, 3.05) is 14.1 Å². The Kier molecular flexibility index (Phi) is 16.5. The molecule has 0 bridgehead atoms. The van der Waals surface area contributed by atoms with Gasteiger partial charge in [0.1, 0.15) is 5.78 Å². The molecule has 3 heteroatoms. The second-order valence-corrected chi connectivity index (χ2v) is 4.52. The summed E-state index contributed by atoms with van der Waals surface area (Å²) in [4.78, 5) is 22.1. The molecule has 0 unspecified atom stereocenters. The van der Waals surface area contributed by atoms with Crippen molar-refractivity contribution in [2.45, 2.75) is 65.2 Å². The van der Waals surface area contributed by atoms with Crippen molar-refractivity contribution in [2.24, 2.45) is 0 Å². The summed E-state index contributed by atoms with van der Waals surface area (Å²) in [5.74, 6) is 0.469. The number of carbonyl (C=O) groups is 2. The van der Waals surface area contributed by atoms with E-state index in [1.54, 1.807) is 14.1 Å². The topological polar surface area (TPSA) is 37.4 Å². The number of nitrogens with zero attached hydrogens (tertiary/aromatic N) is 1. The van der Waals surface area contributed by atoms with Crippen LogP contribution in [0.1, 0.15) is 65.2 Å². The average Bonchev–Trinajstić information content (AvgIpc) is 2.30. The van der Waals surface area contributed by atoms with Crippen LogP contribution in [0.3, 0.4) is 0 Å². The van der Waals surface area contributed by atoms with Gasteiger partial charge in [0.25, 0.3) is 0 Å². The van der Waals surface area contributed by atoms with Gasteiger partial charge in [-0.25, -0.2) is 0 Å². The van der Waals surface area contributed by atoms with E-state index in [-0.39, 0.29) is 0 Å². The van der Waals surface area contributed by atoms with E-state index >= 15 is 0 Å². The fraction of sp³-hybridized carbons (Fsp3) is 0.857. The lowest BCUT2D eigenvalue weighted by Crippen LogP contribution is -2.06. The Hall–Kier alpha value is -0.860. The molecule has 0 aliphatic rings. The number of ketones is 1. The molecule has 0 aromatic rings. The van der Waals surface area contributed by atoms with Gasteiger partial charge < -0.3 is 4.90 Å². The maximum atomic E-state index is 11.2. The van der Waals surface area contributed by atoms with Crippen molar-refractivity contribution in [3.8, 4) is 0 Å². The fourth-order valence-electron chi connectivity index (χ4n) is 1.27. The normalized spacial score (nSPS) is 9.18. The van der Waals surface area contributed by atoms with Crippen LogP contribution in [-0.2, 0) is 9.59 Å². The molecule has 0 spiro atoms. The summed E-state index contributed by atoms with van der Waals surface area (Å²) < 4.78 is 0. The van der Waals surface area contributed by atoms with Crippen LogP contribution in [0.25, 0.3) is 0 Å². The predicted octanol–water partition coefficient (Wildman–Crippen LogP) is 3.42. The zero-order valence-corrected chi connectivity index (χ0v) is 12.0. The SMILES string of the molecule is CCCCCC(=O)CCCCC.CN(C)C=O. The molecule has 102 valence electrons. The molecular weight excluding hydrogens is 214 g/mol. The first-order chi connectivity index (χ1) is 8.08. The lowest BCUT2D eigenvalue weighted by Gasteiger charge is -1.98. The summed E-state index contributed by atoms with van der Waals surface area (Å²) in [6.45, 7) is 4.34. The third-order valence-corrected chi connectivity index (χ3v) is 2.33. The molecule has 0 radical (unpaired) electrons. The monoisotopic (exact) mass is 243 g/mol. The standard InChI is InChI=1S/C11H22O.C3H7NO/c1-3-5-7-9-11(12)10-8-6-4-2;1-4(2)3-5/h3-10H2,1-2H3;3H,1-2H3. The van der Waals surface area contributed by atoms with Gasteiger partial charge in [-0.3, -0.25) is 9.59 Å². The predicted molar refractivity (Wildman–Crippen MR) is 73.0 cm³/mol. The van der Waals surface area contributed by atoms with Crippen LogP contribution in [0, 0.1) is 0 Å². The van der Waals surface area contributed by atoms with Crippen molar-refractivity contribution in [3.05, 3.63) is 0 Å². The number of hydrogen-bond donors (Lipinski definition) is 0. The second-order valence-electron chi connectivity index (χ2n) is 4.52. The van der Waals surface area contributed by atoms with Crippen molar-refractivity contribution in [1.29, 1.82) is 0 Å². The number of amides is 1. The van der Waals surface area contributed by atoms with E-state index in [0.717, 1.165) is 32.1 Å². The van der Waals surface area contributed by atoms with Gasteiger partial charge in [0.2, 0.25) is 6.41 Å². The van der Waals surface area contributed by atoms with Crippen LogP contribution >= 0.6 is 0 Å². The summed E-state index contributed by atoms with van der Waals surface area (Å²) in [7, 11) is 3.38. The Labute approximate surface area is 107 Å². The molecule has 17 heavy (non-hydrogen) atoms. The first-order valence-corrected chi connectivity index (χ1v) is 6.71. The first kappa shape index (κ1) is 18.5. The number of hydrogen-bond acceptors (Lipinski definition) is 2. The van der Waals surface area contributed by atoms with Gasteiger partial charge in [0, 0.05) is 26.9 Å². The molecule has 0 heterocycles. The van der Waals surface area contributed by atoms with Crippen LogP contribution in [0.4, 0.5) is 0 Å². The highest BCUT2D eigenvalue weighted by Crippen LogP contribution is 2.05. The molecule has 0 aliphatic heterocycles. The molecule has 0 aliphatic carbocycles. The van der Waals surface area contributed by atoms with Crippen molar-refractivity contribution >= 4 is 12.2 Å². The molecular formula is C14H29NO2. The minimum atomic E-state index is 0.469. The van der Waals surface area contributed by atoms with Crippen molar-refractivity contribution in [1.82, 2.24) is 4.90 Å². The molecule has 0 N–H and O–H groups in total. The highest BCUT2D eigenvalue weighted by atomic mass is 16.1. The molecule has 0 fully saturated rings. The summed E-state index contributed by atoms with van der Waals surface area (Å²) in [6.07, 6.45) is 9.42. The number of Topliss-reactive ketones (excluding diaryl/α,β-unsaturated/α-hetero) is 1. The smallest absolute Gasteiger partial charge is 0.209 e. The van der Waals surface area contributed by atoms with Gasteiger partial charge in [-0.1, -0.05) is 39.5 Å². The van der Waals surface area contributed by atoms with Gasteiger partial charge in [-0.05, 0) is 12.8 Å². The van der Waals surface area contributed by atoms with E-state index in [1.807, 2.05) is 0 Å². The zero-order chi connectivity index (χ0) is 13.5. The third-order valence-electron chi connectivity index (χ3n) is 2.33. The van der Waals surface area contributed by atoms with Gasteiger partial charge in [-0.15, -0.1) is 0 Å². The number of rotatable bonds is 9. The minimum Gasteiger partial charge on any atom is -0.351 e. The number of unbranched alkanes of at least 4 members (excludes halogenated alkanes) is 4. The van der Waals surface area contributed by atoms with Gasteiger partial charge in [0.15, 0.2) is 0 Å². The third kappa shape index (κ3) is 21.1. The maximum Gasteiger partial charge on any atom is 0.209 e. The maximum absolute atomic E-state index is 11.2. The average molecular weight is 243 g/mol. The van der Waals surface area contributed by atoms with E-state index < -0.39 is 0 Å². The molecule has 0 saturated heterocycles. The lowest BCUT2D eigenvalue weighted by molar-refractivity contribution is -0.119. The Bertz CT molecular complexity index is 167. The molecule has 0 aromatic heterocycles. The minimum absolute atomic E-state index is 0.469.